The van der Waals surface area contributed by atoms with E-state index in [0.717, 1.165) is 38.5 Å². The van der Waals surface area contributed by atoms with Gasteiger partial charge in [-0.15, -0.1) is 0 Å². The SMILES string of the molecule is CC/C=C/CCCCCCCCCC[N+](CC(C)C(=O)[O-])(CC(C)C(=O)O)CC(C)C(=O)O. The number of carbonyl (C=O) groups is 3. The van der Waals surface area contributed by atoms with Gasteiger partial charge in [-0.1, -0.05) is 58.1 Å². The Balaban J connectivity index is 4.82. The van der Waals surface area contributed by atoms with Crippen LogP contribution in [0, 0.1) is 17.8 Å². The van der Waals surface area contributed by atoms with Crippen LogP contribution in [0.5, 0.6) is 0 Å². The fourth-order valence-electron chi connectivity index (χ4n) is 4.53. The molecule has 0 saturated heterocycles. The first kappa shape index (κ1) is 31.1. The third-order valence-corrected chi connectivity index (χ3v) is 6.38. The van der Waals surface area contributed by atoms with E-state index < -0.39 is 35.7 Å². The Kier molecular flexibility index (Phi) is 16.6. The van der Waals surface area contributed by atoms with Crippen LogP contribution in [0.15, 0.2) is 12.2 Å². The Labute approximate surface area is 200 Å². The second-order valence-electron chi connectivity index (χ2n) is 9.81. The minimum Gasteiger partial charge on any atom is -0.550 e. The number of nitrogens with zero attached hydrogens (tertiary/aromatic N) is 1. The summed E-state index contributed by atoms with van der Waals surface area (Å²) in [6, 6.07) is 0. The van der Waals surface area contributed by atoms with Gasteiger partial charge in [-0.3, -0.25) is 9.59 Å². The number of quaternary nitrogens is 1. The zero-order valence-electron chi connectivity index (χ0n) is 21.3. The normalized spacial score (nSPS) is 16.2. The number of rotatable bonds is 21. The number of hydrogen-bond acceptors (Lipinski definition) is 4. The Morgan fingerprint density at radius 3 is 1.58 bits per heavy atom. The van der Waals surface area contributed by atoms with Gasteiger partial charge in [0.25, 0.3) is 0 Å². The molecule has 7 heteroatoms. The van der Waals surface area contributed by atoms with E-state index in [4.69, 9.17) is 0 Å². The molecule has 0 heterocycles. The van der Waals surface area contributed by atoms with Crippen LogP contribution in [0.3, 0.4) is 0 Å². The summed E-state index contributed by atoms with van der Waals surface area (Å²) < 4.78 is 0.182. The van der Waals surface area contributed by atoms with E-state index >= 15 is 0 Å². The molecular formula is C26H47NO6. The van der Waals surface area contributed by atoms with Gasteiger partial charge < -0.3 is 24.6 Å². The first-order chi connectivity index (χ1) is 15.5. The lowest BCUT2D eigenvalue weighted by Gasteiger charge is -2.43. The molecule has 0 aliphatic rings. The summed E-state index contributed by atoms with van der Waals surface area (Å²) in [5.74, 6) is -5.24. The summed E-state index contributed by atoms with van der Waals surface area (Å²) in [6.07, 6.45) is 15.6. The van der Waals surface area contributed by atoms with E-state index in [9.17, 15) is 29.7 Å². The second-order valence-corrected chi connectivity index (χ2v) is 9.81. The zero-order valence-corrected chi connectivity index (χ0v) is 21.3. The molecule has 0 aromatic rings. The first-order valence-corrected chi connectivity index (χ1v) is 12.7. The van der Waals surface area contributed by atoms with Crippen LogP contribution >= 0.6 is 0 Å². The molecule has 0 rings (SSSR count). The van der Waals surface area contributed by atoms with Gasteiger partial charge in [-0.2, -0.15) is 0 Å². The molecule has 0 saturated carbocycles. The van der Waals surface area contributed by atoms with E-state index in [1.807, 2.05) is 0 Å². The van der Waals surface area contributed by atoms with Crippen molar-refractivity contribution in [2.45, 2.75) is 91.9 Å². The highest BCUT2D eigenvalue weighted by molar-refractivity contribution is 5.70. The van der Waals surface area contributed by atoms with E-state index in [1.54, 1.807) is 20.8 Å². The number of allylic oxidation sites excluding steroid dienone is 2. The third-order valence-electron chi connectivity index (χ3n) is 6.38. The minimum absolute atomic E-state index is 0.182. The van der Waals surface area contributed by atoms with Gasteiger partial charge in [0.1, 0.15) is 11.8 Å². The van der Waals surface area contributed by atoms with Crippen molar-refractivity contribution >= 4 is 17.9 Å². The molecule has 3 atom stereocenters. The molecule has 0 aliphatic carbocycles. The number of aliphatic carboxylic acids is 3. The van der Waals surface area contributed by atoms with Crippen LogP contribution in [0.1, 0.15) is 91.9 Å². The lowest BCUT2D eigenvalue weighted by atomic mass is 10.00. The summed E-state index contributed by atoms with van der Waals surface area (Å²) in [4.78, 5) is 34.5. The van der Waals surface area contributed by atoms with Gasteiger partial charge in [-0.25, -0.2) is 0 Å². The molecule has 3 unspecified atom stereocenters. The molecule has 0 radical (unpaired) electrons. The predicted molar refractivity (Wildman–Crippen MR) is 128 cm³/mol. The maximum Gasteiger partial charge on any atom is 0.311 e. The maximum atomic E-state index is 11.5. The van der Waals surface area contributed by atoms with Crippen LogP contribution in [-0.2, 0) is 14.4 Å². The van der Waals surface area contributed by atoms with Crippen LogP contribution in [0.4, 0.5) is 0 Å². The van der Waals surface area contributed by atoms with Gasteiger partial charge in [0.2, 0.25) is 0 Å². The summed E-state index contributed by atoms with van der Waals surface area (Å²) in [7, 11) is 0. The molecule has 0 spiro atoms. The number of carboxylic acids is 3. The topological polar surface area (TPSA) is 115 Å². The number of carbonyl (C=O) groups excluding carboxylic acids is 1. The average molecular weight is 470 g/mol. The molecule has 0 aromatic heterocycles. The predicted octanol–water partition coefficient (Wildman–Crippen LogP) is 4.11. The lowest BCUT2D eigenvalue weighted by molar-refractivity contribution is -0.934. The van der Waals surface area contributed by atoms with Gasteiger partial charge in [0, 0.05) is 11.9 Å². The highest BCUT2D eigenvalue weighted by Crippen LogP contribution is 2.22. The van der Waals surface area contributed by atoms with Crippen molar-refractivity contribution in [3.63, 3.8) is 0 Å². The Morgan fingerprint density at radius 2 is 1.15 bits per heavy atom. The van der Waals surface area contributed by atoms with Crippen molar-refractivity contribution in [3.8, 4) is 0 Å². The van der Waals surface area contributed by atoms with Crippen molar-refractivity contribution in [1.82, 2.24) is 0 Å². The minimum atomic E-state index is -1.19. The van der Waals surface area contributed by atoms with Crippen molar-refractivity contribution in [3.05, 3.63) is 12.2 Å². The smallest absolute Gasteiger partial charge is 0.311 e. The molecule has 192 valence electrons. The summed E-state index contributed by atoms with van der Waals surface area (Å²) in [6.45, 7) is 8.10. The molecule has 33 heavy (non-hydrogen) atoms. The van der Waals surface area contributed by atoms with E-state index in [-0.39, 0.29) is 24.1 Å². The Morgan fingerprint density at radius 1 is 0.727 bits per heavy atom. The van der Waals surface area contributed by atoms with Crippen LogP contribution in [0.25, 0.3) is 0 Å². The number of carboxylic acid groups (broad SMARTS) is 3. The molecule has 0 bridgehead atoms. The molecule has 0 amide bonds. The van der Waals surface area contributed by atoms with Crippen molar-refractivity contribution in [2.75, 3.05) is 26.2 Å². The number of unbranched alkanes of at least 4 members (excludes halogenated alkanes) is 8. The summed E-state index contributed by atoms with van der Waals surface area (Å²) in [5, 5.41) is 30.3. The summed E-state index contributed by atoms with van der Waals surface area (Å²) in [5.41, 5.74) is 0. The molecule has 2 N–H and O–H groups in total. The first-order valence-electron chi connectivity index (χ1n) is 12.7. The fraction of sp³-hybridized carbons (Fsp3) is 0.808. The second kappa shape index (κ2) is 17.6. The van der Waals surface area contributed by atoms with E-state index in [0.29, 0.717) is 6.54 Å². The quantitative estimate of drug-likeness (QED) is 0.149. The van der Waals surface area contributed by atoms with Gasteiger partial charge >= 0.3 is 11.9 Å². The van der Waals surface area contributed by atoms with Gasteiger partial charge in [-0.05, 0) is 46.0 Å². The highest BCUT2D eigenvalue weighted by Gasteiger charge is 2.36. The largest absolute Gasteiger partial charge is 0.550 e. The van der Waals surface area contributed by atoms with Crippen molar-refractivity contribution in [1.29, 1.82) is 0 Å². The Hall–Kier alpha value is -1.89. The monoisotopic (exact) mass is 469 g/mol. The average Bonchev–Trinajstić information content (AvgIpc) is 2.74. The lowest BCUT2D eigenvalue weighted by Crippen LogP contribution is -2.58. The summed E-state index contributed by atoms with van der Waals surface area (Å²) >= 11 is 0. The van der Waals surface area contributed by atoms with Crippen LogP contribution in [-0.4, -0.2) is 58.8 Å². The zero-order chi connectivity index (χ0) is 25.3. The fourth-order valence-corrected chi connectivity index (χ4v) is 4.53. The molecule has 7 nitrogen and oxygen atoms in total. The maximum absolute atomic E-state index is 11.5. The third kappa shape index (κ3) is 14.8. The van der Waals surface area contributed by atoms with Crippen molar-refractivity contribution in [2.24, 2.45) is 17.8 Å². The Bertz CT molecular complexity index is 549. The number of hydrogen-bond donors (Lipinski definition) is 2. The van der Waals surface area contributed by atoms with E-state index in [1.165, 1.54) is 25.7 Å². The van der Waals surface area contributed by atoms with E-state index in [2.05, 4.69) is 19.1 Å². The van der Waals surface area contributed by atoms with Gasteiger partial charge in [0.05, 0.1) is 26.2 Å². The molecule has 0 aliphatic heterocycles. The molecule has 0 aromatic carbocycles. The van der Waals surface area contributed by atoms with Gasteiger partial charge in [0.15, 0.2) is 0 Å². The van der Waals surface area contributed by atoms with Crippen LogP contribution in [0.2, 0.25) is 0 Å². The molecule has 0 fully saturated rings. The highest BCUT2D eigenvalue weighted by atomic mass is 16.4. The van der Waals surface area contributed by atoms with Crippen LogP contribution < -0.4 is 5.11 Å². The standard InChI is InChI=1S/C26H47NO6/c1-5-6-7-8-9-10-11-12-13-14-15-16-17-27(18-21(2)24(28)29,19-22(3)25(30)31)20-23(4)26(32)33/h6-7,21-23H,5,8-20H2,1-4H3,(H2-,28,29,30,31,32,33)/b7-6+. The molecular weight excluding hydrogens is 422 g/mol. The van der Waals surface area contributed by atoms with Crippen molar-refractivity contribution < 1.29 is 34.2 Å².